The molecule has 3 aromatic rings. The molecule has 1 N–H and O–H groups in total. The van der Waals surface area contributed by atoms with Gasteiger partial charge >= 0.3 is 12.8 Å². The number of benzene rings is 1. The van der Waals surface area contributed by atoms with Gasteiger partial charge in [-0.05, 0) is 44.7 Å². The lowest BCUT2D eigenvalue weighted by molar-refractivity contribution is -0.142. The van der Waals surface area contributed by atoms with Gasteiger partial charge in [0.1, 0.15) is 11.4 Å². The number of hydrogen-bond acceptors (Lipinski definition) is 6. The lowest BCUT2D eigenvalue weighted by Crippen LogP contribution is -2.34. The van der Waals surface area contributed by atoms with Gasteiger partial charge in [-0.1, -0.05) is 68.8 Å². The Morgan fingerprint density at radius 3 is 2.50 bits per heavy atom. The Balaban J connectivity index is 1.54. The van der Waals surface area contributed by atoms with Crippen LogP contribution in [0, 0.1) is 5.92 Å². The van der Waals surface area contributed by atoms with Gasteiger partial charge in [-0.2, -0.15) is 31.7 Å². The van der Waals surface area contributed by atoms with E-state index in [9.17, 15) is 30.4 Å². The molecule has 8 nitrogen and oxygen atoms in total. The van der Waals surface area contributed by atoms with Crippen molar-refractivity contribution >= 4 is 25.8 Å². The number of halogens is 5. The Morgan fingerprint density at radius 2 is 1.84 bits per heavy atom. The highest BCUT2D eigenvalue weighted by molar-refractivity contribution is 8.06. The van der Waals surface area contributed by atoms with Gasteiger partial charge in [0.15, 0.2) is 20.6 Å². The minimum absolute atomic E-state index is 0.00778. The molecule has 2 unspecified atom stereocenters. The fraction of sp³-hybridized carbons (Fsp3) is 0.600. The number of rotatable bonds is 14. The van der Waals surface area contributed by atoms with Crippen molar-refractivity contribution in [1.82, 2.24) is 14.8 Å². The van der Waals surface area contributed by atoms with Crippen molar-refractivity contribution in [1.29, 1.82) is 0 Å². The first-order chi connectivity index (χ1) is 20.8. The summed E-state index contributed by atoms with van der Waals surface area (Å²) in [4.78, 5) is 8.45. The predicted molar refractivity (Wildman–Crippen MR) is 156 cm³/mol. The van der Waals surface area contributed by atoms with Gasteiger partial charge in [0.2, 0.25) is 5.88 Å². The van der Waals surface area contributed by atoms with Gasteiger partial charge in [-0.3, -0.25) is 0 Å². The largest absolute Gasteiger partial charge is 0.435 e. The van der Waals surface area contributed by atoms with Gasteiger partial charge in [0.05, 0.1) is 5.25 Å². The average molecular weight is 645 g/mol. The number of hydrogen-bond donors (Lipinski definition) is 1. The summed E-state index contributed by atoms with van der Waals surface area (Å²) >= 11 is 0. The Labute approximate surface area is 252 Å². The van der Waals surface area contributed by atoms with Gasteiger partial charge in [0, 0.05) is 28.8 Å². The maximum absolute atomic E-state index is 14.4. The molecule has 44 heavy (non-hydrogen) atoms. The maximum atomic E-state index is 14.4. The molecule has 0 saturated heterocycles. The van der Waals surface area contributed by atoms with Crippen LogP contribution in [0.1, 0.15) is 89.3 Å². The first-order valence-electron chi connectivity index (χ1n) is 15.0. The van der Waals surface area contributed by atoms with Crippen LogP contribution in [0.5, 0.6) is 5.88 Å². The molecule has 5 rings (SSSR count). The van der Waals surface area contributed by atoms with Crippen LogP contribution < -0.4 is 4.74 Å². The number of unbranched alkanes of at least 4 members (excludes halogenated alkanes) is 5. The monoisotopic (exact) mass is 644 g/mol. The van der Waals surface area contributed by atoms with E-state index in [0.717, 1.165) is 38.5 Å². The predicted octanol–water partition coefficient (Wildman–Crippen LogP) is 7.95. The van der Waals surface area contributed by atoms with Crippen molar-refractivity contribution in [2.75, 3.05) is 0 Å². The SMILES string of the molecule is CCCCCCCCC(Cc1c(C(F)(F)F)nn(-c2cc3ccccc3[nH]2)c1OC(F)F)S(=O)(=O)C1=NOC(C)(C2CC2)C1. The Kier molecular flexibility index (Phi) is 9.29. The van der Waals surface area contributed by atoms with Gasteiger partial charge in [-0.25, -0.2) is 8.42 Å². The van der Waals surface area contributed by atoms with Crippen molar-refractivity contribution < 1.29 is 39.9 Å². The van der Waals surface area contributed by atoms with E-state index in [-0.39, 0.29) is 29.6 Å². The molecule has 0 radical (unpaired) electrons. The first-order valence-corrected chi connectivity index (χ1v) is 16.6. The third kappa shape index (κ3) is 6.89. The van der Waals surface area contributed by atoms with E-state index in [1.165, 1.54) is 6.07 Å². The third-order valence-corrected chi connectivity index (χ3v) is 10.7. The number of aromatic nitrogens is 3. The lowest BCUT2D eigenvalue weighted by atomic mass is 9.98. The van der Waals surface area contributed by atoms with Crippen molar-refractivity contribution in [2.24, 2.45) is 11.1 Å². The Hall–Kier alpha value is -3.16. The average Bonchev–Trinajstić information content (AvgIpc) is 3.46. The number of ether oxygens (including phenoxy) is 1. The molecule has 1 aromatic carbocycles. The zero-order valence-electron chi connectivity index (χ0n) is 24.7. The van der Waals surface area contributed by atoms with E-state index in [4.69, 9.17) is 4.84 Å². The van der Waals surface area contributed by atoms with Gasteiger partial charge < -0.3 is 14.6 Å². The second-order valence-corrected chi connectivity index (χ2v) is 14.2. The second kappa shape index (κ2) is 12.7. The fourth-order valence-corrected chi connectivity index (χ4v) is 7.79. The number of para-hydroxylation sites is 1. The van der Waals surface area contributed by atoms with E-state index in [0.29, 0.717) is 28.4 Å². The van der Waals surface area contributed by atoms with E-state index in [1.807, 2.05) is 0 Å². The van der Waals surface area contributed by atoms with Crippen LogP contribution >= 0.6 is 0 Å². The number of sulfone groups is 1. The van der Waals surface area contributed by atoms with Crippen molar-refractivity contribution in [3.8, 4) is 11.7 Å². The number of nitrogens with one attached hydrogen (secondary N) is 1. The van der Waals surface area contributed by atoms with Gasteiger partial charge in [-0.15, -0.1) is 0 Å². The summed E-state index contributed by atoms with van der Waals surface area (Å²) in [5.41, 5.74) is -2.49. The lowest BCUT2D eigenvalue weighted by Gasteiger charge is -2.21. The van der Waals surface area contributed by atoms with Crippen LogP contribution in [0.15, 0.2) is 35.5 Å². The summed E-state index contributed by atoms with van der Waals surface area (Å²) in [6, 6.07) is 8.24. The molecule has 0 bridgehead atoms. The molecule has 1 aliphatic heterocycles. The Morgan fingerprint density at radius 1 is 1.14 bits per heavy atom. The maximum Gasteiger partial charge on any atom is 0.435 e. The molecule has 0 spiro atoms. The zero-order chi connectivity index (χ0) is 31.7. The molecule has 3 heterocycles. The number of alkyl halides is 5. The zero-order valence-corrected chi connectivity index (χ0v) is 25.5. The normalized spacial score (nSPS) is 19.9. The summed E-state index contributed by atoms with van der Waals surface area (Å²) in [6.45, 7) is 0.352. The fourth-order valence-electron chi connectivity index (χ4n) is 5.91. The van der Waals surface area contributed by atoms with E-state index >= 15 is 0 Å². The molecule has 2 aliphatic rings. The molecule has 2 aromatic heterocycles. The summed E-state index contributed by atoms with van der Waals surface area (Å²) < 4.78 is 104. The van der Waals surface area contributed by atoms with Crippen LogP contribution in [-0.4, -0.2) is 45.7 Å². The minimum Gasteiger partial charge on any atom is -0.416 e. The van der Waals surface area contributed by atoms with Crippen molar-refractivity contribution in [2.45, 2.75) is 108 Å². The van der Waals surface area contributed by atoms with Crippen molar-refractivity contribution in [3.05, 3.63) is 41.6 Å². The molecular weight excluding hydrogens is 607 g/mol. The topological polar surface area (TPSA) is 98.6 Å². The molecule has 0 amide bonds. The minimum atomic E-state index is -5.08. The van der Waals surface area contributed by atoms with E-state index in [2.05, 4.69) is 26.9 Å². The molecule has 2 atom stereocenters. The molecule has 1 fully saturated rings. The summed E-state index contributed by atoms with van der Waals surface area (Å²) in [7, 11) is -4.29. The molecule has 1 aliphatic carbocycles. The molecule has 14 heteroatoms. The summed E-state index contributed by atoms with van der Waals surface area (Å²) in [6.07, 6.45) is 0.868. The molecule has 1 saturated carbocycles. The first kappa shape index (κ1) is 32.2. The van der Waals surface area contributed by atoms with Crippen LogP contribution in [0.25, 0.3) is 16.7 Å². The van der Waals surface area contributed by atoms with E-state index in [1.54, 1.807) is 31.2 Å². The highest BCUT2D eigenvalue weighted by Gasteiger charge is 2.51. The van der Waals surface area contributed by atoms with Crippen LogP contribution in [0.4, 0.5) is 22.0 Å². The highest BCUT2D eigenvalue weighted by Crippen LogP contribution is 2.47. The third-order valence-electron chi connectivity index (χ3n) is 8.53. The number of fused-ring (bicyclic) bond motifs is 1. The quantitative estimate of drug-likeness (QED) is 0.142. The van der Waals surface area contributed by atoms with Gasteiger partial charge in [0.25, 0.3) is 0 Å². The number of nitrogens with zero attached hydrogens (tertiary/aromatic N) is 3. The van der Waals surface area contributed by atoms with Crippen molar-refractivity contribution in [3.63, 3.8) is 0 Å². The van der Waals surface area contributed by atoms with Crippen LogP contribution in [0.3, 0.4) is 0 Å². The summed E-state index contributed by atoms with van der Waals surface area (Å²) in [5.74, 6) is -0.759. The standard InChI is InChI=1S/C30H37F5N4O4S/c1-3-4-5-6-7-8-12-21(44(40,41)25-18-29(2,43-38-25)20-14-15-20)17-22-26(30(33,34)35)37-39(27(22)42-28(31)32)24-16-19-11-9-10-13-23(19)36-24/h9-11,13,16,20-21,28,36H,3-8,12,14-15,17-18H2,1-2H3. The highest BCUT2D eigenvalue weighted by atomic mass is 32.2. The number of oxime groups is 1. The van der Waals surface area contributed by atoms with E-state index < -0.39 is 57.0 Å². The second-order valence-electron chi connectivity index (χ2n) is 11.9. The Bertz CT molecular complexity index is 1560. The smallest absolute Gasteiger partial charge is 0.416 e. The molecule has 242 valence electrons. The van der Waals surface area contributed by atoms with Crippen LogP contribution in [-0.2, 0) is 27.3 Å². The molecular formula is C30H37F5N4O4S. The number of aromatic amines is 1. The number of H-pyrrole nitrogens is 1. The van der Waals surface area contributed by atoms with Crippen LogP contribution in [0.2, 0.25) is 0 Å². The summed E-state index contributed by atoms with van der Waals surface area (Å²) in [5, 5.41) is 6.56.